The van der Waals surface area contributed by atoms with E-state index in [0.29, 0.717) is 24.5 Å². The van der Waals surface area contributed by atoms with Gasteiger partial charge in [0.05, 0.1) is 6.42 Å². The van der Waals surface area contributed by atoms with E-state index in [2.05, 4.69) is 14.9 Å². The zero-order valence-corrected chi connectivity index (χ0v) is 15.6. The van der Waals surface area contributed by atoms with Crippen molar-refractivity contribution < 1.29 is 4.79 Å². The first-order chi connectivity index (χ1) is 13.2. The fraction of sp³-hybridized carbons (Fsp3) is 0.250. The van der Waals surface area contributed by atoms with Crippen LogP contribution in [-0.2, 0) is 11.2 Å². The Kier molecular flexibility index (Phi) is 5.07. The molecule has 1 aromatic carbocycles. The third kappa shape index (κ3) is 3.95. The quantitative estimate of drug-likeness (QED) is 0.697. The third-order valence-electron chi connectivity index (χ3n) is 4.76. The molecule has 3 heterocycles. The summed E-state index contributed by atoms with van der Waals surface area (Å²) in [5.74, 6) is 1.83. The van der Waals surface area contributed by atoms with E-state index in [0.717, 1.165) is 30.3 Å². The molecule has 7 heteroatoms. The molecule has 27 heavy (non-hydrogen) atoms. The van der Waals surface area contributed by atoms with Gasteiger partial charge in [-0.15, -0.1) is 0 Å². The predicted octanol–water partition coefficient (Wildman–Crippen LogP) is 2.81. The summed E-state index contributed by atoms with van der Waals surface area (Å²) < 4.78 is 1.95. The summed E-state index contributed by atoms with van der Waals surface area (Å²) in [5, 5.41) is 0.642. The van der Waals surface area contributed by atoms with Gasteiger partial charge in [0, 0.05) is 49.7 Å². The Balaban J connectivity index is 1.38. The Bertz CT molecular complexity index is 920. The zero-order chi connectivity index (χ0) is 18.6. The van der Waals surface area contributed by atoms with Crippen molar-refractivity contribution in [2.24, 2.45) is 0 Å². The molecule has 0 atom stereocenters. The number of carbonyl (C=O) groups is 1. The number of nitrogens with zero attached hydrogens (tertiary/aromatic N) is 5. The Morgan fingerprint density at radius 1 is 0.963 bits per heavy atom. The fourth-order valence-electron chi connectivity index (χ4n) is 3.24. The highest BCUT2D eigenvalue weighted by Crippen LogP contribution is 2.19. The molecule has 0 bridgehead atoms. The average Bonchev–Trinajstić information content (AvgIpc) is 3.25. The summed E-state index contributed by atoms with van der Waals surface area (Å²) in [6.45, 7) is 2.84. The first-order valence-corrected chi connectivity index (χ1v) is 9.30. The van der Waals surface area contributed by atoms with Crippen molar-refractivity contribution in [3.63, 3.8) is 0 Å². The second kappa shape index (κ2) is 7.80. The summed E-state index contributed by atoms with van der Waals surface area (Å²) in [6, 6.07) is 13.4. The Morgan fingerprint density at radius 3 is 2.41 bits per heavy atom. The first-order valence-electron chi connectivity index (χ1n) is 8.92. The van der Waals surface area contributed by atoms with E-state index in [1.165, 1.54) is 0 Å². The molecule has 0 spiro atoms. The normalized spacial score (nSPS) is 14.4. The molecule has 138 valence electrons. The second-order valence-corrected chi connectivity index (χ2v) is 6.87. The highest BCUT2D eigenvalue weighted by atomic mass is 35.5. The number of halogens is 1. The van der Waals surface area contributed by atoms with E-state index < -0.39 is 0 Å². The Labute approximate surface area is 163 Å². The van der Waals surface area contributed by atoms with Crippen LogP contribution in [0.3, 0.4) is 0 Å². The van der Waals surface area contributed by atoms with Crippen LogP contribution < -0.4 is 4.90 Å². The van der Waals surface area contributed by atoms with Gasteiger partial charge in [-0.2, -0.15) is 0 Å². The molecule has 3 aromatic rings. The fourth-order valence-corrected chi connectivity index (χ4v) is 3.44. The predicted molar refractivity (Wildman–Crippen MR) is 105 cm³/mol. The number of rotatable bonds is 4. The lowest BCUT2D eigenvalue weighted by molar-refractivity contribution is -0.130. The van der Waals surface area contributed by atoms with Crippen LogP contribution in [0.5, 0.6) is 0 Å². The molecule has 0 N–H and O–H groups in total. The maximum Gasteiger partial charge on any atom is 0.227 e. The summed E-state index contributed by atoms with van der Waals surface area (Å²) in [6.07, 6.45) is 5.83. The summed E-state index contributed by atoms with van der Waals surface area (Å²) >= 11 is 6.17. The minimum atomic E-state index is 0.110. The zero-order valence-electron chi connectivity index (χ0n) is 14.8. The van der Waals surface area contributed by atoms with Crippen molar-refractivity contribution in [3.05, 3.63) is 71.8 Å². The second-order valence-electron chi connectivity index (χ2n) is 6.46. The van der Waals surface area contributed by atoms with Crippen LogP contribution in [0.1, 0.15) is 5.56 Å². The van der Waals surface area contributed by atoms with Crippen molar-refractivity contribution in [1.82, 2.24) is 19.4 Å². The van der Waals surface area contributed by atoms with Crippen LogP contribution in [0.4, 0.5) is 5.82 Å². The SMILES string of the molecule is O=C(Cc1ccccc1Cl)N1CCN(c2cc(-n3cccc3)ncn2)CC1. The van der Waals surface area contributed by atoms with Gasteiger partial charge in [0.2, 0.25) is 5.91 Å². The average molecular weight is 382 g/mol. The highest BCUT2D eigenvalue weighted by Gasteiger charge is 2.22. The number of anilines is 1. The summed E-state index contributed by atoms with van der Waals surface area (Å²) in [4.78, 5) is 25.4. The minimum absolute atomic E-state index is 0.110. The Morgan fingerprint density at radius 2 is 1.67 bits per heavy atom. The molecule has 1 fully saturated rings. The van der Waals surface area contributed by atoms with Gasteiger partial charge >= 0.3 is 0 Å². The Hall–Kier alpha value is -2.86. The van der Waals surface area contributed by atoms with Gasteiger partial charge in [0.1, 0.15) is 18.0 Å². The van der Waals surface area contributed by atoms with Gasteiger partial charge in [-0.3, -0.25) is 4.79 Å². The molecular formula is C20H20ClN5O. The van der Waals surface area contributed by atoms with Crippen molar-refractivity contribution in [2.45, 2.75) is 6.42 Å². The lowest BCUT2D eigenvalue weighted by atomic mass is 10.1. The lowest BCUT2D eigenvalue weighted by Gasteiger charge is -2.35. The van der Waals surface area contributed by atoms with Gasteiger partial charge < -0.3 is 14.4 Å². The van der Waals surface area contributed by atoms with Gasteiger partial charge in [0.15, 0.2) is 0 Å². The molecule has 6 nitrogen and oxygen atoms in total. The van der Waals surface area contributed by atoms with Crippen LogP contribution in [-0.4, -0.2) is 51.5 Å². The van der Waals surface area contributed by atoms with Gasteiger partial charge in [-0.1, -0.05) is 29.8 Å². The van der Waals surface area contributed by atoms with E-state index in [4.69, 9.17) is 11.6 Å². The molecule has 2 aromatic heterocycles. The number of hydrogen-bond donors (Lipinski definition) is 0. The molecule has 1 aliphatic heterocycles. The van der Waals surface area contributed by atoms with Crippen LogP contribution >= 0.6 is 11.6 Å². The number of carbonyl (C=O) groups excluding carboxylic acids is 1. The molecule has 1 saturated heterocycles. The standard InChI is InChI=1S/C20H20ClN5O/c21-17-6-2-1-5-16(17)13-20(27)26-11-9-25(10-12-26)19-14-18(22-15-23-19)24-7-3-4-8-24/h1-8,14-15H,9-13H2. The highest BCUT2D eigenvalue weighted by molar-refractivity contribution is 6.31. The van der Waals surface area contributed by atoms with Crippen LogP contribution in [0.25, 0.3) is 5.82 Å². The number of piperazine rings is 1. The lowest BCUT2D eigenvalue weighted by Crippen LogP contribution is -2.49. The largest absolute Gasteiger partial charge is 0.353 e. The van der Waals surface area contributed by atoms with Crippen LogP contribution in [0.2, 0.25) is 5.02 Å². The van der Waals surface area contributed by atoms with Crippen molar-refractivity contribution in [1.29, 1.82) is 0 Å². The maximum absolute atomic E-state index is 12.6. The molecular weight excluding hydrogens is 362 g/mol. The molecule has 0 unspecified atom stereocenters. The first kappa shape index (κ1) is 17.5. The third-order valence-corrected chi connectivity index (χ3v) is 5.13. The van der Waals surface area contributed by atoms with Crippen LogP contribution in [0, 0.1) is 0 Å². The monoisotopic (exact) mass is 381 g/mol. The molecule has 0 saturated carbocycles. The topological polar surface area (TPSA) is 54.3 Å². The van der Waals surface area contributed by atoms with Crippen molar-refractivity contribution in [3.8, 4) is 5.82 Å². The maximum atomic E-state index is 12.6. The van der Waals surface area contributed by atoms with E-state index in [-0.39, 0.29) is 5.91 Å². The van der Waals surface area contributed by atoms with Crippen molar-refractivity contribution >= 4 is 23.3 Å². The smallest absolute Gasteiger partial charge is 0.227 e. The molecule has 1 aliphatic rings. The number of amides is 1. The van der Waals surface area contributed by atoms with Gasteiger partial charge in [-0.25, -0.2) is 9.97 Å². The van der Waals surface area contributed by atoms with E-state index in [1.807, 2.05) is 64.3 Å². The number of hydrogen-bond acceptors (Lipinski definition) is 4. The van der Waals surface area contributed by atoms with E-state index >= 15 is 0 Å². The number of benzene rings is 1. The van der Waals surface area contributed by atoms with E-state index in [9.17, 15) is 4.79 Å². The summed E-state index contributed by atoms with van der Waals surface area (Å²) in [7, 11) is 0. The number of aromatic nitrogens is 3. The molecule has 4 rings (SSSR count). The molecule has 0 aliphatic carbocycles. The molecule has 0 radical (unpaired) electrons. The van der Waals surface area contributed by atoms with Crippen LogP contribution in [0.15, 0.2) is 61.2 Å². The minimum Gasteiger partial charge on any atom is -0.353 e. The van der Waals surface area contributed by atoms with Gasteiger partial charge in [-0.05, 0) is 23.8 Å². The van der Waals surface area contributed by atoms with E-state index in [1.54, 1.807) is 6.33 Å². The molecule has 1 amide bonds. The van der Waals surface area contributed by atoms with Crippen molar-refractivity contribution in [2.75, 3.05) is 31.1 Å². The van der Waals surface area contributed by atoms with Gasteiger partial charge in [0.25, 0.3) is 0 Å². The summed E-state index contributed by atoms with van der Waals surface area (Å²) in [5.41, 5.74) is 0.874.